The van der Waals surface area contributed by atoms with Gasteiger partial charge in [0.2, 0.25) is 0 Å². The summed E-state index contributed by atoms with van der Waals surface area (Å²) in [5.74, 6) is -1.04. The third-order valence-corrected chi connectivity index (χ3v) is 6.82. The second-order valence-electron chi connectivity index (χ2n) is 7.07. The molecule has 0 radical (unpaired) electrons. The lowest BCUT2D eigenvalue weighted by Gasteiger charge is -2.13. The van der Waals surface area contributed by atoms with Gasteiger partial charge in [0.25, 0.3) is 10.0 Å². The molecule has 1 N–H and O–H groups in total. The summed E-state index contributed by atoms with van der Waals surface area (Å²) >= 11 is 0. The molecule has 1 aromatic heterocycles. The first-order valence-electron chi connectivity index (χ1n) is 9.49. The topological polar surface area (TPSA) is 85.6 Å². The summed E-state index contributed by atoms with van der Waals surface area (Å²) in [7, 11) is -3.25. The fraction of sp³-hybridized carbons (Fsp3) is 0.0870. The maximum absolute atomic E-state index is 13.5. The van der Waals surface area contributed by atoms with Gasteiger partial charge >= 0.3 is 12.1 Å². The van der Waals surface area contributed by atoms with Crippen LogP contribution in [0.1, 0.15) is 16.1 Å². The van der Waals surface area contributed by atoms with Crippen molar-refractivity contribution in [2.45, 2.75) is 11.1 Å². The van der Waals surface area contributed by atoms with Gasteiger partial charge in [0.05, 0.1) is 23.1 Å². The van der Waals surface area contributed by atoms with Crippen LogP contribution in [-0.4, -0.2) is 30.6 Å². The Kier molecular flexibility index (Phi) is 5.41. The molecule has 0 atom stereocenters. The summed E-state index contributed by atoms with van der Waals surface area (Å²) in [6.45, 7) is 0. The first-order chi connectivity index (χ1) is 15.6. The predicted octanol–water partition coefficient (Wildman–Crippen LogP) is 5.27. The standard InChI is InChI=1S/C23H16F3NO5S/c1-32-16-11-9-14(10-12-16)20-18-7-2-3-8-19(18)27(21(20)22(28)29)33(30,31)17-6-4-5-15(13-17)23(24,25)26/h2-13H,1H3,(H,28,29). The van der Waals surface area contributed by atoms with Gasteiger partial charge in [-0.25, -0.2) is 17.2 Å². The number of ether oxygens (including phenoxy) is 1. The highest BCUT2D eigenvalue weighted by Crippen LogP contribution is 2.38. The third kappa shape index (κ3) is 3.82. The number of hydrogen-bond acceptors (Lipinski definition) is 4. The van der Waals surface area contributed by atoms with Gasteiger partial charge in [-0.15, -0.1) is 0 Å². The summed E-state index contributed by atoms with van der Waals surface area (Å²) in [5, 5.41) is 10.3. The van der Waals surface area contributed by atoms with Crippen molar-refractivity contribution in [3.63, 3.8) is 0 Å². The van der Waals surface area contributed by atoms with Gasteiger partial charge in [-0.05, 0) is 42.0 Å². The summed E-state index contributed by atoms with van der Waals surface area (Å²) in [4.78, 5) is 11.6. The van der Waals surface area contributed by atoms with Crippen LogP contribution in [-0.2, 0) is 16.2 Å². The van der Waals surface area contributed by atoms with E-state index < -0.39 is 38.3 Å². The number of para-hydroxylation sites is 1. The first kappa shape index (κ1) is 22.4. The number of aromatic carboxylic acids is 1. The van der Waals surface area contributed by atoms with Crippen molar-refractivity contribution >= 4 is 26.9 Å². The van der Waals surface area contributed by atoms with Gasteiger partial charge in [-0.2, -0.15) is 13.2 Å². The molecule has 1 heterocycles. The molecule has 0 fully saturated rings. The summed E-state index contributed by atoms with van der Waals surface area (Å²) in [6, 6.07) is 15.6. The van der Waals surface area contributed by atoms with Gasteiger partial charge in [-0.1, -0.05) is 36.4 Å². The molecule has 4 aromatic rings. The van der Waals surface area contributed by atoms with Crippen LogP contribution in [0.2, 0.25) is 0 Å². The number of nitrogens with zero attached hydrogens (tertiary/aromatic N) is 1. The Morgan fingerprint density at radius 2 is 1.64 bits per heavy atom. The molecule has 0 amide bonds. The summed E-state index contributed by atoms with van der Waals surface area (Å²) in [5.41, 5.74) is -1.19. The molecular weight excluding hydrogens is 459 g/mol. The fourth-order valence-electron chi connectivity index (χ4n) is 3.64. The Balaban J connectivity index is 2.06. The lowest BCUT2D eigenvalue weighted by Crippen LogP contribution is -2.19. The molecule has 6 nitrogen and oxygen atoms in total. The highest BCUT2D eigenvalue weighted by molar-refractivity contribution is 7.90. The monoisotopic (exact) mass is 475 g/mol. The quantitative estimate of drug-likeness (QED) is 0.425. The Morgan fingerprint density at radius 3 is 2.24 bits per heavy atom. The average Bonchev–Trinajstić information content (AvgIpc) is 3.15. The van der Waals surface area contributed by atoms with Gasteiger partial charge in [-0.3, -0.25) is 0 Å². The molecule has 0 saturated carbocycles. The minimum Gasteiger partial charge on any atom is -0.497 e. The van der Waals surface area contributed by atoms with E-state index in [2.05, 4.69) is 0 Å². The van der Waals surface area contributed by atoms with Gasteiger partial charge in [0.1, 0.15) is 5.75 Å². The summed E-state index contributed by atoms with van der Waals surface area (Å²) in [6.07, 6.45) is -4.77. The first-order valence-corrected chi connectivity index (χ1v) is 10.9. The lowest BCUT2D eigenvalue weighted by atomic mass is 10.0. The normalized spacial score (nSPS) is 12.1. The van der Waals surface area contributed by atoms with Crippen molar-refractivity contribution < 1.29 is 36.2 Å². The number of carbonyl (C=O) groups is 1. The van der Waals surface area contributed by atoms with Gasteiger partial charge in [0, 0.05) is 10.9 Å². The van der Waals surface area contributed by atoms with Crippen molar-refractivity contribution in [2.75, 3.05) is 7.11 Å². The maximum Gasteiger partial charge on any atom is 0.416 e. The maximum atomic E-state index is 13.5. The highest BCUT2D eigenvalue weighted by atomic mass is 32.2. The van der Waals surface area contributed by atoms with Crippen LogP contribution in [0.3, 0.4) is 0 Å². The molecule has 0 aliphatic heterocycles. The Morgan fingerprint density at radius 1 is 0.970 bits per heavy atom. The van der Waals surface area contributed by atoms with Crippen molar-refractivity contribution in [1.29, 1.82) is 0 Å². The molecule has 0 aliphatic carbocycles. The van der Waals surface area contributed by atoms with E-state index in [1.54, 1.807) is 36.4 Å². The van der Waals surface area contributed by atoms with Gasteiger partial charge in [0.15, 0.2) is 5.69 Å². The van der Waals surface area contributed by atoms with Crippen LogP contribution in [0.4, 0.5) is 13.2 Å². The molecule has 10 heteroatoms. The molecule has 4 rings (SSSR count). The number of benzene rings is 3. The zero-order chi connectivity index (χ0) is 24.0. The van der Waals surface area contributed by atoms with E-state index in [1.165, 1.54) is 19.2 Å². The number of alkyl halides is 3. The molecule has 0 aliphatic rings. The van der Waals surface area contributed by atoms with E-state index in [1.807, 2.05) is 0 Å². The van der Waals surface area contributed by atoms with E-state index in [4.69, 9.17) is 4.74 Å². The number of carboxylic acids is 1. The second-order valence-corrected chi connectivity index (χ2v) is 8.86. The van der Waals surface area contributed by atoms with E-state index >= 15 is 0 Å². The molecule has 33 heavy (non-hydrogen) atoms. The predicted molar refractivity (Wildman–Crippen MR) is 115 cm³/mol. The Hall–Kier alpha value is -3.79. The number of fused-ring (bicyclic) bond motifs is 1. The molecule has 0 unspecified atom stereocenters. The van der Waals surface area contributed by atoms with E-state index in [0.29, 0.717) is 26.7 Å². The SMILES string of the molecule is COc1ccc(-c2c(C(=O)O)n(S(=O)(=O)c3cccc(C(F)(F)F)c3)c3ccccc23)cc1. The minimum atomic E-state index is -4.77. The minimum absolute atomic E-state index is 0.0260. The van der Waals surface area contributed by atoms with Crippen molar-refractivity contribution in [1.82, 2.24) is 3.97 Å². The van der Waals surface area contributed by atoms with E-state index in [0.717, 1.165) is 18.2 Å². The molecule has 0 spiro atoms. The average molecular weight is 475 g/mol. The molecular formula is C23H16F3NO5S. The lowest BCUT2D eigenvalue weighted by molar-refractivity contribution is -0.137. The largest absolute Gasteiger partial charge is 0.497 e. The van der Waals surface area contributed by atoms with E-state index in [9.17, 15) is 31.5 Å². The number of carboxylic acid groups (broad SMARTS) is 1. The zero-order valence-corrected chi connectivity index (χ0v) is 17.8. The highest BCUT2D eigenvalue weighted by Gasteiger charge is 2.34. The van der Waals surface area contributed by atoms with Crippen LogP contribution < -0.4 is 4.74 Å². The van der Waals surface area contributed by atoms with Crippen molar-refractivity contribution in [3.05, 3.63) is 84.1 Å². The molecule has 0 saturated heterocycles. The second kappa shape index (κ2) is 7.96. The molecule has 0 bridgehead atoms. The summed E-state index contributed by atoms with van der Waals surface area (Å²) < 4.78 is 72.3. The van der Waals surface area contributed by atoms with Crippen LogP contribution in [0.25, 0.3) is 22.0 Å². The number of rotatable bonds is 5. The van der Waals surface area contributed by atoms with Crippen LogP contribution in [0.15, 0.2) is 77.7 Å². The van der Waals surface area contributed by atoms with Gasteiger partial charge < -0.3 is 9.84 Å². The number of methoxy groups -OCH3 is 1. The fourth-order valence-corrected chi connectivity index (χ4v) is 5.21. The molecule has 3 aromatic carbocycles. The van der Waals surface area contributed by atoms with Crippen LogP contribution in [0, 0.1) is 0 Å². The Labute approximate surface area is 186 Å². The van der Waals surface area contributed by atoms with Crippen LogP contribution in [0.5, 0.6) is 5.75 Å². The zero-order valence-electron chi connectivity index (χ0n) is 17.0. The molecule has 170 valence electrons. The Bertz CT molecular complexity index is 1470. The van der Waals surface area contributed by atoms with Crippen LogP contribution >= 0.6 is 0 Å². The van der Waals surface area contributed by atoms with Crippen molar-refractivity contribution in [2.24, 2.45) is 0 Å². The smallest absolute Gasteiger partial charge is 0.416 e. The van der Waals surface area contributed by atoms with E-state index in [-0.39, 0.29) is 11.1 Å². The third-order valence-electron chi connectivity index (χ3n) is 5.11. The number of aromatic nitrogens is 1. The number of halogens is 3. The van der Waals surface area contributed by atoms with Crippen molar-refractivity contribution in [3.8, 4) is 16.9 Å². The number of hydrogen-bond donors (Lipinski definition) is 1.